The predicted molar refractivity (Wildman–Crippen MR) is 83.0 cm³/mol. The van der Waals surface area contributed by atoms with Crippen molar-refractivity contribution in [2.24, 2.45) is 0 Å². The second-order valence-electron chi connectivity index (χ2n) is 4.26. The molecule has 0 bridgehead atoms. The average molecular weight is 304 g/mol. The van der Waals surface area contributed by atoms with Crippen LogP contribution in [-0.4, -0.2) is 23.3 Å². The van der Waals surface area contributed by atoms with E-state index in [0.29, 0.717) is 12.3 Å². The van der Waals surface area contributed by atoms with Crippen LogP contribution in [0.2, 0.25) is 0 Å². The van der Waals surface area contributed by atoms with Crippen molar-refractivity contribution < 1.29 is 14.0 Å². The molecule has 2 N–H and O–H groups in total. The Morgan fingerprint density at radius 2 is 1.76 bits per heavy atom. The maximum Gasteiger partial charge on any atom is 0.234 e. The fourth-order valence-corrected chi connectivity index (χ4v) is 2.25. The van der Waals surface area contributed by atoms with Crippen LogP contribution in [0.15, 0.2) is 53.1 Å². The van der Waals surface area contributed by atoms with E-state index in [-0.39, 0.29) is 23.3 Å². The van der Waals surface area contributed by atoms with E-state index in [0.717, 1.165) is 5.69 Å². The average Bonchev–Trinajstić information content (AvgIpc) is 2.99. The van der Waals surface area contributed by atoms with Gasteiger partial charge in [0, 0.05) is 5.69 Å². The number of carbonyl (C=O) groups excluding carboxylic acids is 2. The molecule has 1 heterocycles. The zero-order valence-electron chi connectivity index (χ0n) is 11.4. The van der Waals surface area contributed by atoms with Gasteiger partial charge < -0.3 is 15.1 Å². The molecule has 0 radical (unpaired) electrons. The summed E-state index contributed by atoms with van der Waals surface area (Å²) in [7, 11) is 0. The molecule has 2 rings (SSSR count). The monoisotopic (exact) mass is 304 g/mol. The summed E-state index contributed by atoms with van der Waals surface area (Å²) in [6, 6.07) is 12.8. The van der Waals surface area contributed by atoms with E-state index in [1.165, 1.54) is 11.8 Å². The summed E-state index contributed by atoms with van der Waals surface area (Å²) >= 11 is 1.27. The lowest BCUT2D eigenvalue weighted by Crippen LogP contribution is -2.25. The Hall–Kier alpha value is -2.21. The van der Waals surface area contributed by atoms with Crippen molar-refractivity contribution in [2.75, 3.05) is 16.8 Å². The molecule has 0 fully saturated rings. The lowest BCUT2D eigenvalue weighted by atomic mass is 10.3. The fourth-order valence-electron chi connectivity index (χ4n) is 1.60. The summed E-state index contributed by atoms with van der Waals surface area (Å²) in [5.74, 6) is 0.940. The number of furan rings is 1. The predicted octanol–water partition coefficient (Wildman–Crippen LogP) is 2.27. The summed E-state index contributed by atoms with van der Waals surface area (Å²) in [5, 5.41) is 5.49. The third-order valence-electron chi connectivity index (χ3n) is 2.56. The van der Waals surface area contributed by atoms with Crippen LogP contribution in [0.25, 0.3) is 0 Å². The highest BCUT2D eigenvalue weighted by Gasteiger charge is 2.06. The fraction of sp³-hybridized carbons (Fsp3) is 0.200. The number of rotatable bonds is 7. The highest BCUT2D eigenvalue weighted by atomic mass is 32.2. The van der Waals surface area contributed by atoms with Crippen LogP contribution >= 0.6 is 11.8 Å². The first-order valence-electron chi connectivity index (χ1n) is 6.46. The highest BCUT2D eigenvalue weighted by Crippen LogP contribution is 2.07. The SMILES string of the molecule is O=C(CSCC(=O)Nc1ccccc1)NCc1ccco1. The van der Waals surface area contributed by atoms with Gasteiger partial charge in [0.25, 0.3) is 0 Å². The second-order valence-corrected chi connectivity index (χ2v) is 5.25. The smallest absolute Gasteiger partial charge is 0.234 e. The van der Waals surface area contributed by atoms with Crippen LogP contribution < -0.4 is 10.6 Å². The summed E-state index contributed by atoms with van der Waals surface area (Å²) in [6.07, 6.45) is 1.56. The largest absolute Gasteiger partial charge is 0.467 e. The summed E-state index contributed by atoms with van der Waals surface area (Å²) in [4.78, 5) is 23.2. The van der Waals surface area contributed by atoms with Gasteiger partial charge in [0.1, 0.15) is 5.76 Å². The van der Waals surface area contributed by atoms with Gasteiger partial charge in [-0.05, 0) is 24.3 Å². The maximum atomic E-state index is 11.7. The van der Waals surface area contributed by atoms with Crippen molar-refractivity contribution in [1.82, 2.24) is 5.32 Å². The van der Waals surface area contributed by atoms with Crippen LogP contribution in [0.1, 0.15) is 5.76 Å². The molecule has 2 amide bonds. The molecule has 2 aromatic rings. The molecule has 0 saturated carbocycles. The third-order valence-corrected chi connectivity index (χ3v) is 3.50. The Labute approximate surface area is 127 Å². The van der Waals surface area contributed by atoms with Gasteiger partial charge in [-0.2, -0.15) is 0 Å². The van der Waals surface area contributed by atoms with E-state index in [1.54, 1.807) is 18.4 Å². The molecule has 0 aliphatic rings. The minimum absolute atomic E-state index is 0.120. The Balaban J connectivity index is 1.60. The van der Waals surface area contributed by atoms with Crippen LogP contribution in [0.3, 0.4) is 0 Å². The number of carbonyl (C=O) groups is 2. The highest BCUT2D eigenvalue weighted by molar-refractivity contribution is 8.00. The van der Waals surface area contributed by atoms with Crippen LogP contribution in [0.5, 0.6) is 0 Å². The Kier molecular flexibility index (Phi) is 5.90. The Bertz CT molecular complexity index is 570. The standard InChI is InChI=1S/C15H16N2O3S/c18-14(16-9-13-7-4-8-20-13)10-21-11-15(19)17-12-5-2-1-3-6-12/h1-8H,9-11H2,(H,16,18)(H,17,19). The number of anilines is 1. The maximum absolute atomic E-state index is 11.7. The van der Waals surface area contributed by atoms with Crippen molar-refractivity contribution in [1.29, 1.82) is 0 Å². The third kappa shape index (κ3) is 5.74. The first kappa shape index (κ1) is 15.2. The van der Waals surface area contributed by atoms with Crippen molar-refractivity contribution in [2.45, 2.75) is 6.54 Å². The van der Waals surface area contributed by atoms with E-state index >= 15 is 0 Å². The lowest BCUT2D eigenvalue weighted by Gasteiger charge is -2.05. The van der Waals surface area contributed by atoms with Crippen LogP contribution in [0, 0.1) is 0 Å². The number of para-hydroxylation sites is 1. The molecule has 0 atom stereocenters. The van der Waals surface area contributed by atoms with Crippen LogP contribution in [-0.2, 0) is 16.1 Å². The Morgan fingerprint density at radius 1 is 1.00 bits per heavy atom. The molecule has 0 aliphatic carbocycles. The molecule has 0 spiro atoms. The number of nitrogens with one attached hydrogen (secondary N) is 2. The van der Waals surface area contributed by atoms with E-state index in [2.05, 4.69) is 10.6 Å². The number of amides is 2. The van der Waals surface area contributed by atoms with E-state index in [1.807, 2.05) is 30.3 Å². The topological polar surface area (TPSA) is 71.3 Å². The van der Waals surface area contributed by atoms with E-state index in [9.17, 15) is 9.59 Å². The molecule has 0 aliphatic heterocycles. The molecule has 1 aromatic carbocycles. The molecular weight excluding hydrogens is 288 g/mol. The molecule has 0 unspecified atom stereocenters. The van der Waals surface area contributed by atoms with Gasteiger partial charge in [-0.3, -0.25) is 9.59 Å². The molecule has 0 saturated heterocycles. The Morgan fingerprint density at radius 3 is 2.48 bits per heavy atom. The van der Waals surface area contributed by atoms with Crippen molar-refractivity contribution in [3.8, 4) is 0 Å². The van der Waals surface area contributed by atoms with Gasteiger partial charge in [-0.1, -0.05) is 18.2 Å². The number of hydrogen-bond acceptors (Lipinski definition) is 4. The van der Waals surface area contributed by atoms with Crippen molar-refractivity contribution in [3.63, 3.8) is 0 Å². The van der Waals surface area contributed by atoms with Crippen molar-refractivity contribution >= 4 is 29.3 Å². The molecule has 110 valence electrons. The molecule has 1 aromatic heterocycles. The normalized spacial score (nSPS) is 10.1. The van der Waals surface area contributed by atoms with Gasteiger partial charge in [0.2, 0.25) is 11.8 Å². The van der Waals surface area contributed by atoms with Gasteiger partial charge >= 0.3 is 0 Å². The minimum Gasteiger partial charge on any atom is -0.467 e. The first-order valence-corrected chi connectivity index (χ1v) is 7.61. The summed E-state index contributed by atoms with van der Waals surface area (Å²) in [5.41, 5.74) is 0.755. The zero-order valence-corrected chi connectivity index (χ0v) is 12.2. The second kappa shape index (κ2) is 8.16. The summed E-state index contributed by atoms with van der Waals surface area (Å²) in [6.45, 7) is 0.364. The first-order chi connectivity index (χ1) is 10.2. The van der Waals surface area contributed by atoms with E-state index in [4.69, 9.17) is 4.42 Å². The zero-order chi connectivity index (χ0) is 14.9. The molecule has 6 heteroatoms. The molecular formula is C15H16N2O3S. The van der Waals surface area contributed by atoms with E-state index < -0.39 is 0 Å². The number of thioether (sulfide) groups is 1. The van der Waals surface area contributed by atoms with Crippen LogP contribution in [0.4, 0.5) is 5.69 Å². The minimum atomic E-state index is -0.121. The van der Waals surface area contributed by atoms with Gasteiger partial charge in [-0.25, -0.2) is 0 Å². The number of benzene rings is 1. The molecule has 5 nitrogen and oxygen atoms in total. The number of hydrogen-bond donors (Lipinski definition) is 2. The van der Waals surface area contributed by atoms with Gasteiger partial charge in [-0.15, -0.1) is 11.8 Å². The lowest BCUT2D eigenvalue weighted by molar-refractivity contribution is -0.118. The molecule has 21 heavy (non-hydrogen) atoms. The summed E-state index contributed by atoms with van der Waals surface area (Å²) < 4.78 is 5.11. The van der Waals surface area contributed by atoms with Crippen molar-refractivity contribution in [3.05, 3.63) is 54.5 Å². The quantitative estimate of drug-likeness (QED) is 0.823. The van der Waals surface area contributed by atoms with Gasteiger partial charge in [0.05, 0.1) is 24.3 Å². The van der Waals surface area contributed by atoms with Gasteiger partial charge in [0.15, 0.2) is 0 Å².